The van der Waals surface area contributed by atoms with Crippen LogP contribution in [0.3, 0.4) is 0 Å². The lowest BCUT2D eigenvalue weighted by molar-refractivity contribution is 0.778. The van der Waals surface area contributed by atoms with E-state index >= 15 is 0 Å². The molecular formula is C16H22N4. The third kappa shape index (κ3) is 3.47. The highest BCUT2D eigenvalue weighted by molar-refractivity contribution is 5.61. The summed E-state index contributed by atoms with van der Waals surface area (Å²) in [5.41, 5.74) is 2.14. The zero-order valence-corrected chi connectivity index (χ0v) is 12.4. The smallest absolute Gasteiger partial charge is 0.224 e. The van der Waals surface area contributed by atoms with Crippen LogP contribution in [0.25, 0.3) is 0 Å². The van der Waals surface area contributed by atoms with Crippen LogP contribution in [0, 0.1) is 6.92 Å². The average molecular weight is 270 g/mol. The van der Waals surface area contributed by atoms with Crippen LogP contribution in [-0.4, -0.2) is 23.6 Å². The number of anilines is 3. The van der Waals surface area contributed by atoms with Crippen molar-refractivity contribution in [1.29, 1.82) is 0 Å². The van der Waals surface area contributed by atoms with Gasteiger partial charge in [-0.25, -0.2) is 4.98 Å². The number of unbranched alkanes of at least 4 members (excludes halogenated alkanes) is 1. The van der Waals surface area contributed by atoms with Crippen LogP contribution in [-0.2, 0) is 0 Å². The molecule has 1 heterocycles. The molecule has 2 aromatic rings. The van der Waals surface area contributed by atoms with Crippen molar-refractivity contribution in [2.75, 3.05) is 23.8 Å². The molecule has 0 fully saturated rings. The van der Waals surface area contributed by atoms with Crippen LogP contribution in [0.4, 0.5) is 17.5 Å². The quantitative estimate of drug-likeness (QED) is 0.867. The van der Waals surface area contributed by atoms with E-state index in [0.29, 0.717) is 5.95 Å². The van der Waals surface area contributed by atoms with Gasteiger partial charge in [0.2, 0.25) is 5.95 Å². The molecular weight excluding hydrogens is 248 g/mol. The Kier molecular flexibility index (Phi) is 4.93. The first kappa shape index (κ1) is 14.3. The molecule has 1 N–H and O–H groups in total. The van der Waals surface area contributed by atoms with Crippen molar-refractivity contribution in [3.05, 3.63) is 42.1 Å². The van der Waals surface area contributed by atoms with E-state index in [1.807, 2.05) is 26.1 Å². The van der Waals surface area contributed by atoms with E-state index < -0.39 is 0 Å². The molecule has 0 spiro atoms. The third-order valence-corrected chi connectivity index (χ3v) is 3.14. The largest absolute Gasteiger partial charge is 0.357 e. The molecule has 0 amide bonds. The van der Waals surface area contributed by atoms with Crippen molar-refractivity contribution in [1.82, 2.24) is 9.97 Å². The summed E-state index contributed by atoms with van der Waals surface area (Å²) in [6.45, 7) is 5.16. The van der Waals surface area contributed by atoms with Crippen molar-refractivity contribution in [2.45, 2.75) is 26.7 Å². The maximum absolute atomic E-state index is 4.59. The van der Waals surface area contributed by atoms with Crippen molar-refractivity contribution < 1.29 is 0 Å². The zero-order valence-electron chi connectivity index (χ0n) is 12.4. The summed E-state index contributed by atoms with van der Waals surface area (Å²) in [7, 11) is 1.84. The van der Waals surface area contributed by atoms with Gasteiger partial charge in [0.1, 0.15) is 5.82 Å². The van der Waals surface area contributed by atoms with Gasteiger partial charge in [-0.1, -0.05) is 31.5 Å². The maximum Gasteiger partial charge on any atom is 0.224 e. The molecule has 0 bridgehead atoms. The van der Waals surface area contributed by atoms with Crippen molar-refractivity contribution >= 4 is 17.5 Å². The van der Waals surface area contributed by atoms with Gasteiger partial charge in [0.15, 0.2) is 0 Å². The molecule has 0 aliphatic rings. The van der Waals surface area contributed by atoms with Gasteiger partial charge in [-0.15, -0.1) is 0 Å². The summed E-state index contributed by atoms with van der Waals surface area (Å²) in [5, 5.41) is 3.02. The molecule has 0 saturated carbocycles. The average Bonchev–Trinajstić information content (AvgIpc) is 2.48. The van der Waals surface area contributed by atoms with Gasteiger partial charge in [-0.3, -0.25) is 0 Å². The zero-order chi connectivity index (χ0) is 14.4. The van der Waals surface area contributed by atoms with E-state index in [4.69, 9.17) is 0 Å². The Morgan fingerprint density at radius 2 is 1.90 bits per heavy atom. The van der Waals surface area contributed by atoms with E-state index in [2.05, 4.69) is 51.4 Å². The number of hydrogen-bond donors (Lipinski definition) is 1. The topological polar surface area (TPSA) is 41.1 Å². The molecule has 4 heteroatoms. The van der Waals surface area contributed by atoms with Crippen LogP contribution in [0.1, 0.15) is 25.5 Å². The Hall–Kier alpha value is -2.10. The Morgan fingerprint density at radius 1 is 1.15 bits per heavy atom. The summed E-state index contributed by atoms with van der Waals surface area (Å²) in [6, 6.07) is 12.4. The maximum atomic E-state index is 4.59. The van der Waals surface area contributed by atoms with Crippen LogP contribution >= 0.6 is 0 Å². The minimum atomic E-state index is 0.664. The van der Waals surface area contributed by atoms with Gasteiger partial charge < -0.3 is 10.2 Å². The first-order valence-corrected chi connectivity index (χ1v) is 7.10. The van der Waals surface area contributed by atoms with Gasteiger partial charge in [-0.05, 0) is 25.5 Å². The molecule has 0 aliphatic heterocycles. The van der Waals surface area contributed by atoms with E-state index in [0.717, 1.165) is 30.9 Å². The highest BCUT2D eigenvalue weighted by atomic mass is 15.2. The SMILES string of the molecule is CCCCN(c1ccccc1)c1cc(C)nc(NC)n1. The first-order chi connectivity index (χ1) is 9.74. The molecule has 0 atom stereocenters. The number of rotatable bonds is 6. The number of para-hydroxylation sites is 1. The second kappa shape index (κ2) is 6.89. The number of aromatic nitrogens is 2. The van der Waals surface area contributed by atoms with Gasteiger partial charge in [0.05, 0.1) is 0 Å². The van der Waals surface area contributed by atoms with E-state index in [1.165, 1.54) is 5.69 Å². The Bertz CT molecular complexity index is 539. The summed E-state index contributed by atoms with van der Waals surface area (Å²) in [6.07, 6.45) is 2.29. The second-order valence-electron chi connectivity index (χ2n) is 4.78. The van der Waals surface area contributed by atoms with E-state index in [9.17, 15) is 0 Å². The fourth-order valence-corrected chi connectivity index (χ4v) is 2.10. The molecule has 0 aliphatic carbocycles. The van der Waals surface area contributed by atoms with Gasteiger partial charge >= 0.3 is 0 Å². The Balaban J connectivity index is 2.38. The number of hydrogen-bond acceptors (Lipinski definition) is 4. The summed E-state index contributed by atoms with van der Waals surface area (Å²) >= 11 is 0. The normalized spacial score (nSPS) is 10.3. The van der Waals surface area contributed by atoms with Gasteiger partial charge in [0.25, 0.3) is 0 Å². The molecule has 0 unspecified atom stereocenters. The van der Waals surface area contributed by atoms with Gasteiger partial charge in [-0.2, -0.15) is 4.98 Å². The minimum Gasteiger partial charge on any atom is -0.357 e. The van der Waals surface area contributed by atoms with Crippen LogP contribution in [0.2, 0.25) is 0 Å². The standard InChI is InChI=1S/C16H22N4/c1-4-5-11-20(14-9-7-6-8-10-14)15-12-13(2)18-16(17-3)19-15/h6-10,12H,4-5,11H2,1-3H3,(H,17,18,19). The molecule has 20 heavy (non-hydrogen) atoms. The number of aryl methyl sites for hydroxylation is 1. The minimum absolute atomic E-state index is 0.664. The monoisotopic (exact) mass is 270 g/mol. The summed E-state index contributed by atoms with van der Waals surface area (Å²) < 4.78 is 0. The number of nitrogens with zero attached hydrogens (tertiary/aromatic N) is 3. The number of nitrogens with one attached hydrogen (secondary N) is 1. The van der Waals surface area contributed by atoms with E-state index in [-0.39, 0.29) is 0 Å². The highest BCUT2D eigenvalue weighted by Crippen LogP contribution is 2.25. The van der Waals surface area contributed by atoms with Crippen molar-refractivity contribution in [3.8, 4) is 0 Å². The van der Waals surface area contributed by atoms with Gasteiger partial charge in [0, 0.05) is 31.0 Å². The summed E-state index contributed by atoms with van der Waals surface area (Å²) in [5.74, 6) is 1.61. The van der Waals surface area contributed by atoms with Crippen LogP contribution in [0.15, 0.2) is 36.4 Å². The number of benzene rings is 1. The van der Waals surface area contributed by atoms with E-state index in [1.54, 1.807) is 0 Å². The molecule has 106 valence electrons. The second-order valence-corrected chi connectivity index (χ2v) is 4.78. The molecule has 1 aromatic heterocycles. The molecule has 0 saturated heterocycles. The predicted molar refractivity (Wildman–Crippen MR) is 84.7 cm³/mol. The molecule has 4 nitrogen and oxygen atoms in total. The van der Waals surface area contributed by atoms with Crippen molar-refractivity contribution in [3.63, 3.8) is 0 Å². The molecule has 1 aromatic carbocycles. The molecule has 0 radical (unpaired) electrons. The fraction of sp³-hybridized carbons (Fsp3) is 0.375. The highest BCUT2D eigenvalue weighted by Gasteiger charge is 2.11. The lowest BCUT2D eigenvalue weighted by Gasteiger charge is -2.24. The van der Waals surface area contributed by atoms with Crippen LogP contribution in [0.5, 0.6) is 0 Å². The Labute approximate surface area is 120 Å². The third-order valence-electron chi connectivity index (χ3n) is 3.14. The lowest BCUT2D eigenvalue weighted by Crippen LogP contribution is -2.20. The summed E-state index contributed by atoms with van der Waals surface area (Å²) in [4.78, 5) is 11.2. The molecule has 2 rings (SSSR count). The lowest BCUT2D eigenvalue weighted by atomic mass is 10.2. The first-order valence-electron chi connectivity index (χ1n) is 7.10. The van der Waals surface area contributed by atoms with Crippen LogP contribution < -0.4 is 10.2 Å². The fourth-order valence-electron chi connectivity index (χ4n) is 2.10. The predicted octanol–water partition coefficient (Wildman–Crippen LogP) is 3.76. The Morgan fingerprint density at radius 3 is 2.55 bits per heavy atom. The van der Waals surface area contributed by atoms with Crippen molar-refractivity contribution in [2.24, 2.45) is 0 Å².